The lowest BCUT2D eigenvalue weighted by Gasteiger charge is -2.43. The second kappa shape index (κ2) is 19.2. The van der Waals surface area contributed by atoms with Crippen LogP contribution in [0.5, 0.6) is 34.5 Å². The van der Waals surface area contributed by atoms with E-state index in [9.17, 15) is 0 Å². The number of hydrogen-bond donors (Lipinski definition) is 0. The van der Waals surface area contributed by atoms with E-state index in [1.807, 2.05) is 115 Å². The van der Waals surface area contributed by atoms with Crippen molar-refractivity contribution < 1.29 is 41.5 Å². The third kappa shape index (κ3) is 7.35. The Morgan fingerprint density at radius 1 is 0.350 bits per heavy atom. The summed E-state index contributed by atoms with van der Waals surface area (Å²) in [6.07, 6.45) is 3.10. The molecule has 0 saturated carbocycles. The molecule has 8 aromatic rings. The van der Waals surface area contributed by atoms with Gasteiger partial charge in [0.15, 0.2) is 11.4 Å². The summed E-state index contributed by atoms with van der Waals surface area (Å²) in [6.45, 7) is -4.73. The Morgan fingerprint density at radius 3 is 1.06 bits per heavy atom. The lowest BCUT2D eigenvalue weighted by Crippen LogP contribution is -2.52. The Balaban J connectivity index is 1.13. The van der Waals surface area contributed by atoms with Crippen LogP contribution in [-0.4, -0.2) is 64.3 Å². The van der Waals surface area contributed by atoms with Gasteiger partial charge < -0.3 is 46.0 Å². The first-order chi connectivity index (χ1) is 39.2. The molecule has 11 heteroatoms. The fourth-order valence-corrected chi connectivity index (χ4v) is 14.6. The molecule has 398 valence electrons. The van der Waals surface area contributed by atoms with Crippen molar-refractivity contribution in [3.63, 3.8) is 0 Å². The van der Waals surface area contributed by atoms with Crippen LogP contribution in [0.4, 0.5) is 8.63 Å². The first kappa shape index (κ1) is 49.5. The zero-order chi connectivity index (χ0) is 54.6. The molecule has 4 bridgehead atoms. The van der Waals surface area contributed by atoms with Crippen molar-refractivity contribution in [1.29, 1.82) is 0 Å². The largest absolute Gasteiger partial charge is 0.737 e. The van der Waals surface area contributed by atoms with Crippen LogP contribution in [0.2, 0.25) is 0 Å². The summed E-state index contributed by atoms with van der Waals surface area (Å²) in [4.78, 5) is 0. The molecule has 3 heterocycles. The summed E-state index contributed by atoms with van der Waals surface area (Å²) >= 11 is 0. The average Bonchev–Trinajstić information content (AvgIpc) is 3.65. The quantitative estimate of drug-likeness (QED) is 0.107. The number of benzene rings is 7. The Hall–Kier alpha value is -8.83. The van der Waals surface area contributed by atoms with Gasteiger partial charge in [0.2, 0.25) is 0 Å². The van der Waals surface area contributed by atoms with Gasteiger partial charge in [-0.25, -0.2) is 0 Å². The molecular weight excluding hydrogens is 1000 g/mol. The van der Waals surface area contributed by atoms with Gasteiger partial charge >= 0.3 is 6.97 Å². The lowest BCUT2D eigenvalue weighted by molar-refractivity contribution is -0.363. The maximum Gasteiger partial charge on any atom is 0.737 e. The highest BCUT2D eigenvalue weighted by atomic mass is 19.2. The van der Waals surface area contributed by atoms with Crippen LogP contribution in [0.1, 0.15) is 87.7 Å². The van der Waals surface area contributed by atoms with E-state index in [2.05, 4.69) is 60.7 Å². The Kier molecular flexibility index (Phi) is 11.9. The predicted octanol–water partition coefficient (Wildman–Crippen LogP) is 15.3. The molecule has 1 aromatic heterocycles. The molecule has 0 spiro atoms. The van der Waals surface area contributed by atoms with Crippen molar-refractivity contribution in [3.8, 4) is 45.8 Å². The highest BCUT2D eigenvalue weighted by Gasteiger charge is 2.64. The van der Waals surface area contributed by atoms with Gasteiger partial charge in [0, 0.05) is 51.8 Å². The van der Waals surface area contributed by atoms with Gasteiger partial charge in [0.25, 0.3) is 0 Å². The van der Waals surface area contributed by atoms with E-state index in [4.69, 9.17) is 28.4 Å². The first-order valence-electron chi connectivity index (χ1n) is 27.6. The van der Waals surface area contributed by atoms with Crippen molar-refractivity contribution in [1.82, 2.24) is 4.48 Å². The number of rotatable bonds is 13. The van der Waals surface area contributed by atoms with E-state index in [1.54, 1.807) is 42.7 Å². The molecule has 7 aromatic carbocycles. The van der Waals surface area contributed by atoms with Gasteiger partial charge in [-0.05, 0) is 190 Å². The van der Waals surface area contributed by atoms with Crippen LogP contribution in [0.25, 0.3) is 39.1 Å². The topological polar surface area (TPSA) is 63.3 Å². The summed E-state index contributed by atoms with van der Waals surface area (Å²) in [6, 6.07) is 58.9. The molecule has 2 aliphatic heterocycles. The molecule has 0 N–H and O–H groups in total. The summed E-state index contributed by atoms with van der Waals surface area (Å²) in [5.41, 5.74) is 17.9. The first-order valence-corrected chi connectivity index (χ1v) is 27.6. The Labute approximate surface area is 465 Å². The molecule has 0 radical (unpaired) electrons. The van der Waals surface area contributed by atoms with Crippen LogP contribution in [0.3, 0.4) is 0 Å². The monoisotopic (exact) mass is 1060 g/mol. The third-order valence-electron chi connectivity index (χ3n) is 17.9. The van der Waals surface area contributed by atoms with Crippen LogP contribution < -0.4 is 28.4 Å². The minimum absolute atomic E-state index is 0.249. The number of fused-ring (bicyclic) bond motifs is 4. The standard InChI is InChI=1S/C69H59BF2N2O6/c1-75-47-24-12-41(13-25-47)57-53-36-38-55(59(57)43-16-28-49(77-3)29-17-43)64-62(53)66(45-20-32-51(79-5)33-21-45)73-68(64)61(40-10-8-7-9-11-40)69-65-56-39-37-54(63(65)67(74(69)70(73,71)72)46-22-34-52(80-6)35-23-46)58(42-14-26-48(76-2)27-15-42)60(56)44-18-30-50(78-4)31-19-44/h7-35,53-56H,36-39H2,1-6H3. The molecule has 16 rings (SSSR count). The van der Waals surface area contributed by atoms with E-state index in [1.165, 1.54) is 8.96 Å². The molecule has 0 fully saturated rings. The summed E-state index contributed by atoms with van der Waals surface area (Å²) in [5.74, 6) is 3.27. The highest BCUT2D eigenvalue weighted by Crippen LogP contribution is 2.67. The number of nitrogens with zero attached hydrogens (tertiary/aromatic N) is 2. The Bertz CT molecular complexity index is 3950. The van der Waals surface area contributed by atoms with Crippen molar-refractivity contribution >= 4 is 40.5 Å². The fraction of sp³-hybridized carbons (Fsp3) is 0.203. The minimum atomic E-state index is -4.73. The van der Waals surface area contributed by atoms with E-state index in [0.717, 1.165) is 127 Å². The highest BCUT2D eigenvalue weighted by molar-refractivity contribution is 6.59. The Morgan fingerprint density at radius 2 is 0.675 bits per heavy atom. The zero-order valence-corrected chi connectivity index (χ0v) is 45.6. The number of halogens is 2. The molecular formula is C69H59BF2N2O6. The summed E-state index contributed by atoms with van der Waals surface area (Å²) in [5, 5.41) is 0. The molecule has 0 amide bonds. The van der Waals surface area contributed by atoms with E-state index in [0.29, 0.717) is 45.4 Å². The summed E-state index contributed by atoms with van der Waals surface area (Å²) in [7, 11) is 9.99. The average molecular weight is 1060 g/mol. The molecule has 80 heavy (non-hydrogen) atoms. The number of allylic oxidation sites excluding steroid dienone is 6. The molecule has 0 saturated heterocycles. The molecule has 4 unspecified atom stereocenters. The fourth-order valence-electron chi connectivity index (χ4n) is 14.6. The lowest BCUT2D eigenvalue weighted by atomic mass is 9.59. The maximum atomic E-state index is 20.4. The van der Waals surface area contributed by atoms with E-state index >= 15 is 8.63 Å². The van der Waals surface area contributed by atoms with E-state index < -0.39 is 6.97 Å². The number of aromatic nitrogens is 1. The molecule has 4 atom stereocenters. The van der Waals surface area contributed by atoms with Crippen LogP contribution >= 0.6 is 0 Å². The molecule has 8 aliphatic rings. The van der Waals surface area contributed by atoms with Gasteiger partial charge in [-0.3, -0.25) is 0 Å². The summed E-state index contributed by atoms with van der Waals surface area (Å²) < 4.78 is 78.2. The second-order valence-electron chi connectivity index (χ2n) is 21.5. The molecule has 8 nitrogen and oxygen atoms in total. The normalized spacial score (nSPS) is 20.1. The van der Waals surface area contributed by atoms with Gasteiger partial charge in [0.05, 0.1) is 48.2 Å². The van der Waals surface area contributed by atoms with E-state index in [-0.39, 0.29) is 23.7 Å². The van der Waals surface area contributed by atoms with Crippen LogP contribution in [-0.2, 0) is 0 Å². The van der Waals surface area contributed by atoms with Gasteiger partial charge in [-0.15, -0.1) is 0 Å². The zero-order valence-electron chi connectivity index (χ0n) is 45.6. The van der Waals surface area contributed by atoms with Crippen LogP contribution in [0.15, 0.2) is 193 Å². The van der Waals surface area contributed by atoms with Crippen molar-refractivity contribution in [2.24, 2.45) is 11.8 Å². The smallest absolute Gasteiger partial charge is 0.497 e. The van der Waals surface area contributed by atoms with Crippen molar-refractivity contribution in [2.75, 3.05) is 42.7 Å². The SMILES string of the molecule is COc1ccc(C2=C(c3ccc(OC)cc3)C3CCC2C2=C3C(c3ccc(OC)cc3)=[N+]3C2=C(c2ccccc2)c2c4c(c(-c5ccc(OC)cc5)n2[B-]3(F)F)C2CCC4C(c3ccc(OC)cc3)=C2c2ccc(OC)cc2)cc1. The number of methoxy groups -OCH3 is 6. The van der Waals surface area contributed by atoms with Gasteiger partial charge in [-0.1, -0.05) is 78.9 Å². The third-order valence-corrected chi connectivity index (χ3v) is 17.9. The molecule has 6 aliphatic carbocycles. The number of ether oxygens (including phenoxy) is 6. The van der Waals surface area contributed by atoms with Gasteiger partial charge in [0.1, 0.15) is 34.5 Å². The number of hydrogen-bond acceptors (Lipinski definition) is 6. The van der Waals surface area contributed by atoms with Gasteiger partial charge in [-0.2, -0.15) is 0 Å². The van der Waals surface area contributed by atoms with Crippen LogP contribution in [0, 0.1) is 11.8 Å². The minimum Gasteiger partial charge on any atom is -0.497 e. The maximum absolute atomic E-state index is 20.4. The second-order valence-corrected chi connectivity index (χ2v) is 21.5. The predicted molar refractivity (Wildman–Crippen MR) is 313 cm³/mol. The van der Waals surface area contributed by atoms with Crippen molar-refractivity contribution in [3.05, 3.63) is 243 Å². The van der Waals surface area contributed by atoms with Crippen molar-refractivity contribution in [2.45, 2.75) is 37.5 Å².